The molecule has 1 aromatic carbocycles. The molecule has 0 spiro atoms. The Morgan fingerprint density at radius 3 is 3.05 bits per heavy atom. The minimum Gasteiger partial charge on any atom is -0.469 e. The molecule has 2 aromatic rings. The van der Waals surface area contributed by atoms with Gasteiger partial charge in [-0.15, -0.1) is 0 Å². The lowest BCUT2D eigenvalue weighted by Gasteiger charge is -2.48. The van der Waals surface area contributed by atoms with E-state index in [4.69, 9.17) is 4.74 Å². The van der Waals surface area contributed by atoms with Crippen LogP contribution in [0.15, 0.2) is 24.4 Å². The molecule has 3 atom stereocenters. The molecule has 1 aromatic heterocycles. The molecule has 4 rings (SSSR count). The molecule has 4 heteroatoms. The summed E-state index contributed by atoms with van der Waals surface area (Å²) in [6.45, 7) is 2.80. The van der Waals surface area contributed by atoms with Gasteiger partial charge in [0.05, 0.1) is 12.5 Å². The maximum Gasteiger partial charge on any atom is 0.312 e. The van der Waals surface area contributed by atoms with Gasteiger partial charge in [-0.05, 0) is 44.0 Å². The highest BCUT2D eigenvalue weighted by molar-refractivity contribution is 5.88. The zero-order valence-electron chi connectivity index (χ0n) is 13.3. The minimum atomic E-state index is -0.430. The Kier molecular flexibility index (Phi) is 2.89. The summed E-state index contributed by atoms with van der Waals surface area (Å²) in [5.74, 6) is 0.291. The lowest BCUT2D eigenvalue weighted by atomic mass is 9.67. The Bertz CT molecular complexity index is 751. The first-order valence-electron chi connectivity index (χ1n) is 7.91. The standard InChI is InChI=1S/C18H22N2O2/c1-18(17(21)22-3)8-13-12-5-4-6-14-16(12)11(9-19-14)7-15(13)20(2)10-18/h4-6,9,13,15,19H,7-8,10H2,1-3H3/t13?,15-,18?/m1/s1. The van der Waals surface area contributed by atoms with Crippen LogP contribution in [0.2, 0.25) is 0 Å². The van der Waals surface area contributed by atoms with Crippen molar-refractivity contribution in [1.82, 2.24) is 9.88 Å². The number of likely N-dealkylation sites (tertiary alicyclic amines) is 1. The Balaban J connectivity index is 1.83. The number of esters is 1. The molecule has 2 heterocycles. The van der Waals surface area contributed by atoms with Gasteiger partial charge < -0.3 is 14.6 Å². The topological polar surface area (TPSA) is 45.3 Å². The van der Waals surface area contributed by atoms with Crippen LogP contribution >= 0.6 is 0 Å². The highest BCUT2D eigenvalue weighted by atomic mass is 16.5. The number of aromatic nitrogens is 1. The number of carbonyl (C=O) groups is 1. The molecule has 0 bridgehead atoms. The van der Waals surface area contributed by atoms with E-state index in [0.29, 0.717) is 12.0 Å². The minimum absolute atomic E-state index is 0.0927. The number of piperidine rings is 1. The van der Waals surface area contributed by atoms with Crippen LogP contribution in [-0.2, 0) is 16.0 Å². The Labute approximate surface area is 130 Å². The van der Waals surface area contributed by atoms with Gasteiger partial charge in [-0.1, -0.05) is 12.1 Å². The molecule has 1 aliphatic heterocycles. The van der Waals surface area contributed by atoms with Crippen molar-refractivity contribution in [2.24, 2.45) is 5.41 Å². The first-order valence-corrected chi connectivity index (χ1v) is 7.91. The number of likely N-dealkylation sites (N-methyl/N-ethyl adjacent to an activating group) is 1. The molecule has 116 valence electrons. The van der Waals surface area contributed by atoms with E-state index in [9.17, 15) is 4.79 Å². The van der Waals surface area contributed by atoms with Gasteiger partial charge in [0, 0.05) is 35.6 Å². The molecule has 1 aliphatic carbocycles. The normalized spacial score (nSPS) is 31.0. The van der Waals surface area contributed by atoms with Gasteiger partial charge in [0.15, 0.2) is 0 Å². The summed E-state index contributed by atoms with van der Waals surface area (Å²) in [6.07, 6.45) is 4.06. The molecule has 0 saturated carbocycles. The van der Waals surface area contributed by atoms with Crippen molar-refractivity contribution >= 4 is 16.9 Å². The average molecular weight is 298 g/mol. The van der Waals surface area contributed by atoms with Gasteiger partial charge in [0.25, 0.3) is 0 Å². The summed E-state index contributed by atoms with van der Waals surface area (Å²) in [5.41, 5.74) is 3.56. The first-order chi connectivity index (χ1) is 10.5. The number of nitrogens with one attached hydrogen (secondary N) is 1. The van der Waals surface area contributed by atoms with E-state index >= 15 is 0 Å². The second-order valence-electron chi connectivity index (χ2n) is 7.13. The van der Waals surface area contributed by atoms with E-state index < -0.39 is 5.41 Å². The second kappa shape index (κ2) is 4.59. The number of fused-ring (bicyclic) bond motifs is 2. The lowest BCUT2D eigenvalue weighted by molar-refractivity contribution is -0.156. The largest absolute Gasteiger partial charge is 0.469 e. The monoisotopic (exact) mass is 298 g/mol. The van der Waals surface area contributed by atoms with Gasteiger partial charge in [-0.2, -0.15) is 0 Å². The van der Waals surface area contributed by atoms with Gasteiger partial charge in [-0.3, -0.25) is 4.79 Å². The number of ether oxygens (including phenoxy) is 1. The summed E-state index contributed by atoms with van der Waals surface area (Å²) in [7, 11) is 3.63. The molecular formula is C18H22N2O2. The van der Waals surface area contributed by atoms with Gasteiger partial charge in [0.1, 0.15) is 0 Å². The van der Waals surface area contributed by atoms with Crippen molar-refractivity contribution in [2.75, 3.05) is 20.7 Å². The molecule has 0 amide bonds. The zero-order chi connectivity index (χ0) is 15.5. The molecule has 2 unspecified atom stereocenters. The highest BCUT2D eigenvalue weighted by Crippen LogP contribution is 2.48. The summed E-state index contributed by atoms with van der Waals surface area (Å²) in [6, 6.07) is 6.94. The molecule has 22 heavy (non-hydrogen) atoms. The Morgan fingerprint density at radius 2 is 2.27 bits per heavy atom. The fourth-order valence-electron chi connectivity index (χ4n) is 4.65. The second-order valence-corrected chi connectivity index (χ2v) is 7.13. The molecule has 0 radical (unpaired) electrons. The summed E-state index contributed by atoms with van der Waals surface area (Å²) in [4.78, 5) is 18.0. The fraction of sp³-hybridized carbons (Fsp3) is 0.500. The van der Waals surface area contributed by atoms with Crippen molar-refractivity contribution in [3.05, 3.63) is 35.5 Å². The van der Waals surface area contributed by atoms with Crippen molar-refractivity contribution in [1.29, 1.82) is 0 Å². The van der Waals surface area contributed by atoms with E-state index in [1.807, 2.05) is 6.92 Å². The average Bonchev–Trinajstić information content (AvgIpc) is 2.92. The molecule has 1 N–H and O–H groups in total. The number of nitrogens with zero attached hydrogens (tertiary/aromatic N) is 1. The van der Waals surface area contributed by atoms with E-state index in [1.54, 1.807) is 0 Å². The number of carbonyl (C=O) groups excluding carboxylic acids is 1. The summed E-state index contributed by atoms with van der Waals surface area (Å²) < 4.78 is 5.08. The van der Waals surface area contributed by atoms with Crippen LogP contribution in [0.4, 0.5) is 0 Å². The third-order valence-electron chi connectivity index (χ3n) is 5.63. The highest BCUT2D eigenvalue weighted by Gasteiger charge is 2.48. The third kappa shape index (κ3) is 1.76. The number of methoxy groups -OCH3 is 1. The van der Waals surface area contributed by atoms with E-state index in [2.05, 4.69) is 41.3 Å². The zero-order valence-corrected chi connectivity index (χ0v) is 13.3. The quantitative estimate of drug-likeness (QED) is 0.823. The van der Waals surface area contributed by atoms with Crippen LogP contribution in [0, 0.1) is 5.41 Å². The van der Waals surface area contributed by atoms with E-state index in [-0.39, 0.29) is 5.97 Å². The lowest BCUT2D eigenvalue weighted by Crippen LogP contribution is -2.54. The number of rotatable bonds is 1. The van der Waals surface area contributed by atoms with E-state index in [1.165, 1.54) is 29.1 Å². The molecule has 4 nitrogen and oxygen atoms in total. The Morgan fingerprint density at radius 1 is 1.45 bits per heavy atom. The number of benzene rings is 1. The predicted molar refractivity (Wildman–Crippen MR) is 85.9 cm³/mol. The number of H-pyrrole nitrogens is 1. The van der Waals surface area contributed by atoms with Crippen LogP contribution < -0.4 is 0 Å². The van der Waals surface area contributed by atoms with Gasteiger partial charge >= 0.3 is 5.97 Å². The number of hydrogen-bond donors (Lipinski definition) is 1. The Hall–Kier alpha value is -1.81. The van der Waals surface area contributed by atoms with Crippen molar-refractivity contribution < 1.29 is 9.53 Å². The van der Waals surface area contributed by atoms with Gasteiger partial charge in [-0.25, -0.2) is 0 Å². The van der Waals surface area contributed by atoms with Crippen molar-refractivity contribution in [3.8, 4) is 0 Å². The van der Waals surface area contributed by atoms with Gasteiger partial charge in [0.2, 0.25) is 0 Å². The number of hydrogen-bond acceptors (Lipinski definition) is 3. The van der Waals surface area contributed by atoms with Crippen LogP contribution in [0.1, 0.15) is 30.4 Å². The van der Waals surface area contributed by atoms with Crippen molar-refractivity contribution in [2.45, 2.75) is 31.7 Å². The molecular weight excluding hydrogens is 276 g/mol. The molecule has 2 aliphatic rings. The fourth-order valence-corrected chi connectivity index (χ4v) is 4.65. The third-order valence-corrected chi connectivity index (χ3v) is 5.63. The first kappa shape index (κ1) is 13.8. The van der Waals surface area contributed by atoms with Crippen LogP contribution in [0.25, 0.3) is 10.9 Å². The van der Waals surface area contributed by atoms with E-state index in [0.717, 1.165) is 19.4 Å². The number of aromatic amines is 1. The molecule has 1 fully saturated rings. The smallest absolute Gasteiger partial charge is 0.312 e. The van der Waals surface area contributed by atoms with Crippen LogP contribution in [0.3, 0.4) is 0 Å². The predicted octanol–water partition coefficient (Wildman–Crippen LogP) is 2.69. The maximum atomic E-state index is 12.3. The summed E-state index contributed by atoms with van der Waals surface area (Å²) in [5, 5.41) is 1.37. The van der Waals surface area contributed by atoms with Crippen LogP contribution in [0.5, 0.6) is 0 Å². The summed E-state index contributed by atoms with van der Waals surface area (Å²) >= 11 is 0. The SMILES string of the molecule is COC(=O)C1(C)CC2c3cccc4[nH]cc(c34)C[C@H]2N(C)C1. The van der Waals surface area contributed by atoms with Crippen molar-refractivity contribution in [3.63, 3.8) is 0 Å². The molecule has 1 saturated heterocycles. The maximum absolute atomic E-state index is 12.3. The van der Waals surface area contributed by atoms with Crippen LogP contribution in [-0.4, -0.2) is 42.6 Å².